The Morgan fingerprint density at radius 2 is 2.00 bits per heavy atom. The number of rotatable bonds is 5. The number of nitrogens with zero attached hydrogens (tertiary/aromatic N) is 2. The van der Waals surface area contributed by atoms with Gasteiger partial charge in [0.15, 0.2) is 0 Å². The maximum atomic E-state index is 13.2. The molecule has 0 saturated heterocycles. The Morgan fingerprint density at radius 1 is 1.35 bits per heavy atom. The van der Waals surface area contributed by atoms with Crippen LogP contribution in [0.15, 0.2) is 18.2 Å². The van der Waals surface area contributed by atoms with Crippen LogP contribution in [0.1, 0.15) is 10.6 Å². The van der Waals surface area contributed by atoms with Crippen molar-refractivity contribution in [3.05, 3.63) is 50.5 Å². The molecule has 2 aromatic rings. The second-order valence-corrected chi connectivity index (χ2v) is 5.08. The van der Waals surface area contributed by atoms with E-state index in [-0.39, 0.29) is 6.61 Å². The SMILES string of the molecule is Cc1nc(-c2cc(F)cc(F)c2)sc1CCO[N+](=O)[O-]. The summed E-state index contributed by atoms with van der Waals surface area (Å²) in [6, 6.07) is 3.17. The Kier molecular flexibility index (Phi) is 4.23. The molecule has 0 aliphatic carbocycles. The summed E-state index contributed by atoms with van der Waals surface area (Å²) in [6.45, 7) is 1.66. The second-order valence-electron chi connectivity index (χ2n) is 3.99. The summed E-state index contributed by atoms with van der Waals surface area (Å²) in [6.07, 6.45) is 0.322. The third-order valence-electron chi connectivity index (χ3n) is 2.53. The van der Waals surface area contributed by atoms with Crippen molar-refractivity contribution >= 4 is 11.3 Å². The van der Waals surface area contributed by atoms with Gasteiger partial charge in [-0.25, -0.2) is 13.8 Å². The van der Waals surface area contributed by atoms with E-state index in [1.807, 2.05) is 0 Å². The molecule has 8 heteroatoms. The van der Waals surface area contributed by atoms with E-state index in [4.69, 9.17) is 0 Å². The molecule has 0 unspecified atom stereocenters. The maximum Gasteiger partial charge on any atom is 0.294 e. The van der Waals surface area contributed by atoms with Gasteiger partial charge >= 0.3 is 0 Å². The first kappa shape index (κ1) is 14.3. The van der Waals surface area contributed by atoms with E-state index >= 15 is 0 Å². The third-order valence-corrected chi connectivity index (χ3v) is 3.79. The van der Waals surface area contributed by atoms with Crippen molar-refractivity contribution in [1.29, 1.82) is 0 Å². The predicted octanol–water partition coefficient (Wildman–Crippen LogP) is 3.15. The molecule has 0 bridgehead atoms. The molecule has 0 aliphatic rings. The van der Waals surface area contributed by atoms with Gasteiger partial charge in [-0.2, -0.15) is 0 Å². The Morgan fingerprint density at radius 3 is 2.60 bits per heavy atom. The fraction of sp³-hybridized carbons (Fsp3) is 0.250. The average Bonchev–Trinajstić information content (AvgIpc) is 2.69. The van der Waals surface area contributed by atoms with E-state index in [9.17, 15) is 18.9 Å². The first-order chi connectivity index (χ1) is 9.45. The number of thiazole rings is 1. The molecule has 0 radical (unpaired) electrons. The topological polar surface area (TPSA) is 65.3 Å². The number of halogens is 2. The smallest absolute Gasteiger partial charge is 0.294 e. The molecule has 1 heterocycles. The molecule has 0 N–H and O–H groups in total. The predicted molar refractivity (Wildman–Crippen MR) is 68.9 cm³/mol. The molecule has 5 nitrogen and oxygen atoms in total. The van der Waals surface area contributed by atoms with Gasteiger partial charge in [-0.05, 0) is 19.1 Å². The molecule has 0 amide bonds. The van der Waals surface area contributed by atoms with Gasteiger partial charge in [0.25, 0.3) is 5.09 Å². The highest BCUT2D eigenvalue weighted by atomic mass is 32.1. The Bertz CT molecular complexity index is 625. The van der Waals surface area contributed by atoms with Gasteiger partial charge in [-0.1, -0.05) is 0 Å². The molecular weight excluding hydrogens is 290 g/mol. The lowest BCUT2D eigenvalue weighted by Crippen LogP contribution is -2.04. The zero-order valence-corrected chi connectivity index (χ0v) is 11.2. The highest BCUT2D eigenvalue weighted by Gasteiger charge is 2.12. The first-order valence-electron chi connectivity index (χ1n) is 5.66. The minimum absolute atomic E-state index is 0.0764. The van der Waals surface area contributed by atoms with Crippen molar-refractivity contribution in [2.24, 2.45) is 0 Å². The summed E-state index contributed by atoms with van der Waals surface area (Å²) in [4.78, 5) is 19.3. The third kappa shape index (κ3) is 3.47. The highest BCUT2D eigenvalue weighted by Crippen LogP contribution is 2.29. The van der Waals surface area contributed by atoms with Crippen molar-refractivity contribution in [1.82, 2.24) is 4.98 Å². The monoisotopic (exact) mass is 300 g/mol. The lowest BCUT2D eigenvalue weighted by atomic mass is 10.2. The molecular formula is C12H10F2N2O3S. The number of aryl methyl sites for hydroxylation is 1. The minimum Gasteiger partial charge on any atom is -0.314 e. The van der Waals surface area contributed by atoms with Crippen LogP contribution < -0.4 is 0 Å². The second kappa shape index (κ2) is 5.91. The van der Waals surface area contributed by atoms with Gasteiger partial charge in [0.2, 0.25) is 0 Å². The van der Waals surface area contributed by atoms with Crippen LogP contribution in [0.4, 0.5) is 8.78 Å². The zero-order valence-electron chi connectivity index (χ0n) is 10.4. The number of hydrogen-bond donors (Lipinski definition) is 0. The quantitative estimate of drug-likeness (QED) is 0.628. The molecule has 2 rings (SSSR count). The Hall–Kier alpha value is -2.09. The van der Waals surface area contributed by atoms with Gasteiger partial charge in [0, 0.05) is 22.9 Å². The van der Waals surface area contributed by atoms with Crippen LogP contribution in [0, 0.1) is 28.7 Å². The summed E-state index contributed by atoms with van der Waals surface area (Å²) < 4.78 is 26.3. The largest absolute Gasteiger partial charge is 0.314 e. The highest BCUT2D eigenvalue weighted by molar-refractivity contribution is 7.15. The summed E-state index contributed by atoms with van der Waals surface area (Å²) in [5.74, 6) is -1.35. The lowest BCUT2D eigenvalue weighted by Gasteiger charge is -1.97. The number of hydrogen-bond acceptors (Lipinski definition) is 5. The normalized spacial score (nSPS) is 10.6. The molecule has 106 valence electrons. The van der Waals surface area contributed by atoms with E-state index in [2.05, 4.69) is 9.82 Å². The number of benzene rings is 1. The summed E-state index contributed by atoms with van der Waals surface area (Å²) in [7, 11) is 0. The van der Waals surface area contributed by atoms with Gasteiger partial charge in [-0.3, -0.25) is 0 Å². The molecule has 0 aliphatic heterocycles. The fourth-order valence-electron chi connectivity index (χ4n) is 1.67. The molecule has 0 saturated carbocycles. The van der Waals surface area contributed by atoms with E-state index < -0.39 is 16.7 Å². The van der Waals surface area contributed by atoms with Crippen LogP contribution in [0.5, 0.6) is 0 Å². The molecule has 1 aromatic carbocycles. The summed E-state index contributed by atoms with van der Waals surface area (Å²) in [5, 5.41) is 9.67. The zero-order chi connectivity index (χ0) is 14.7. The van der Waals surface area contributed by atoms with Crippen molar-refractivity contribution < 1.29 is 18.7 Å². The van der Waals surface area contributed by atoms with Crippen molar-refractivity contribution in [2.45, 2.75) is 13.3 Å². The Balaban J connectivity index is 2.19. The molecule has 0 fully saturated rings. The molecule has 1 aromatic heterocycles. The van der Waals surface area contributed by atoms with Crippen LogP contribution >= 0.6 is 11.3 Å². The van der Waals surface area contributed by atoms with Crippen molar-refractivity contribution in [2.75, 3.05) is 6.61 Å². The van der Waals surface area contributed by atoms with E-state index in [1.165, 1.54) is 23.5 Å². The van der Waals surface area contributed by atoms with Crippen LogP contribution in [0.3, 0.4) is 0 Å². The molecule has 0 atom stereocenters. The van der Waals surface area contributed by atoms with E-state index in [0.29, 0.717) is 22.7 Å². The average molecular weight is 300 g/mol. The maximum absolute atomic E-state index is 13.2. The van der Waals surface area contributed by atoms with Gasteiger partial charge in [0.05, 0.1) is 5.69 Å². The summed E-state index contributed by atoms with van der Waals surface area (Å²) >= 11 is 1.23. The minimum atomic E-state index is -0.862. The van der Waals surface area contributed by atoms with Crippen molar-refractivity contribution in [3.63, 3.8) is 0 Å². The fourth-order valence-corrected chi connectivity index (χ4v) is 2.70. The molecule has 0 spiro atoms. The number of aromatic nitrogens is 1. The van der Waals surface area contributed by atoms with E-state index in [0.717, 1.165) is 10.9 Å². The Labute approximate surface area is 116 Å². The van der Waals surface area contributed by atoms with Crippen LogP contribution in [-0.2, 0) is 11.3 Å². The van der Waals surface area contributed by atoms with Crippen LogP contribution in [0.2, 0.25) is 0 Å². The van der Waals surface area contributed by atoms with Crippen LogP contribution in [-0.4, -0.2) is 16.7 Å². The lowest BCUT2D eigenvalue weighted by molar-refractivity contribution is -0.757. The standard InChI is InChI=1S/C12H10F2N2O3S/c1-7-11(2-3-19-16(17)18)20-12(15-7)8-4-9(13)6-10(14)5-8/h4-6H,2-3H2,1H3. The van der Waals surface area contributed by atoms with Crippen molar-refractivity contribution in [3.8, 4) is 10.6 Å². The van der Waals surface area contributed by atoms with E-state index in [1.54, 1.807) is 6.92 Å². The van der Waals surface area contributed by atoms with Crippen LogP contribution in [0.25, 0.3) is 10.6 Å². The molecule has 20 heavy (non-hydrogen) atoms. The van der Waals surface area contributed by atoms with Gasteiger partial charge < -0.3 is 4.84 Å². The van der Waals surface area contributed by atoms with Gasteiger partial charge in [0.1, 0.15) is 23.2 Å². The first-order valence-corrected chi connectivity index (χ1v) is 6.47. The van der Waals surface area contributed by atoms with Gasteiger partial charge in [-0.15, -0.1) is 21.5 Å². The summed E-state index contributed by atoms with van der Waals surface area (Å²) in [5.41, 5.74) is 1.01.